The Morgan fingerprint density at radius 3 is 3.00 bits per heavy atom. The van der Waals surface area contributed by atoms with Crippen LogP contribution in [0.25, 0.3) is 0 Å². The molecule has 76 valence electrons. The standard InChI is InChI=1S/C9H10Br2N2S/c1-5-4-14-9-12-8(6(2)10)7(11)3-13(5)9/h4,6H,3H2,1-2H3. The van der Waals surface area contributed by atoms with Gasteiger partial charge in [-0.15, -0.1) is 0 Å². The average Bonchev–Trinajstić information content (AvgIpc) is 2.46. The molecule has 0 spiro atoms. The maximum atomic E-state index is 4.61. The van der Waals surface area contributed by atoms with Crippen LogP contribution in [-0.4, -0.2) is 21.4 Å². The predicted octanol–water partition coefficient (Wildman–Crippen LogP) is 3.66. The first-order valence-corrected chi connectivity index (χ1v) is 6.90. The maximum Gasteiger partial charge on any atom is 0.173 e. The molecule has 0 aromatic carbocycles. The lowest BCUT2D eigenvalue weighted by atomic mass is 10.3. The van der Waals surface area contributed by atoms with Crippen LogP contribution in [0, 0.1) is 0 Å². The van der Waals surface area contributed by atoms with Crippen LogP contribution in [0.15, 0.2) is 26.3 Å². The van der Waals surface area contributed by atoms with Gasteiger partial charge in [-0.2, -0.15) is 0 Å². The van der Waals surface area contributed by atoms with Gasteiger partial charge in [-0.05, 0) is 19.3 Å². The summed E-state index contributed by atoms with van der Waals surface area (Å²) in [5.74, 6) is 0. The lowest BCUT2D eigenvalue weighted by molar-refractivity contribution is 0.571. The SMILES string of the molecule is CC1=CSC2=NC(C(C)Br)=C(Br)CN12. The summed E-state index contributed by atoms with van der Waals surface area (Å²) in [4.78, 5) is 7.13. The highest BCUT2D eigenvalue weighted by atomic mass is 79.9. The number of amidine groups is 1. The Bertz CT molecular complexity index is 358. The molecular formula is C9H10Br2N2S. The predicted molar refractivity (Wildman–Crippen MR) is 69.8 cm³/mol. The Morgan fingerprint density at radius 1 is 1.64 bits per heavy atom. The summed E-state index contributed by atoms with van der Waals surface area (Å²) >= 11 is 8.83. The fourth-order valence-corrected chi connectivity index (χ4v) is 3.64. The van der Waals surface area contributed by atoms with Crippen molar-refractivity contribution in [3.63, 3.8) is 0 Å². The van der Waals surface area contributed by atoms with Crippen LogP contribution < -0.4 is 0 Å². The molecule has 0 radical (unpaired) electrons. The summed E-state index contributed by atoms with van der Waals surface area (Å²) in [6.45, 7) is 5.11. The van der Waals surface area contributed by atoms with Gasteiger partial charge in [0.25, 0.3) is 0 Å². The molecule has 0 aromatic rings. The minimum Gasteiger partial charge on any atom is -0.319 e. The van der Waals surface area contributed by atoms with E-state index < -0.39 is 0 Å². The Kier molecular flexibility index (Phi) is 3.09. The monoisotopic (exact) mass is 336 g/mol. The van der Waals surface area contributed by atoms with Gasteiger partial charge in [-0.25, -0.2) is 4.99 Å². The first-order chi connectivity index (χ1) is 6.59. The topological polar surface area (TPSA) is 15.6 Å². The summed E-state index contributed by atoms with van der Waals surface area (Å²) in [7, 11) is 0. The third-order valence-corrected chi connectivity index (χ3v) is 4.23. The summed E-state index contributed by atoms with van der Waals surface area (Å²) in [5, 5.41) is 3.23. The van der Waals surface area contributed by atoms with Gasteiger partial charge in [0.15, 0.2) is 5.17 Å². The Labute approximate surface area is 105 Å². The molecule has 2 heterocycles. The molecule has 0 aromatic heterocycles. The molecule has 0 aliphatic carbocycles. The quantitative estimate of drug-likeness (QED) is 0.678. The molecule has 0 amide bonds. The molecule has 2 aliphatic rings. The van der Waals surface area contributed by atoms with Crippen molar-refractivity contribution < 1.29 is 0 Å². The number of hydrogen-bond donors (Lipinski definition) is 0. The van der Waals surface area contributed by atoms with E-state index >= 15 is 0 Å². The lowest BCUT2D eigenvalue weighted by Gasteiger charge is -2.26. The first-order valence-electron chi connectivity index (χ1n) is 4.32. The van der Waals surface area contributed by atoms with Crippen LogP contribution in [-0.2, 0) is 0 Å². The molecule has 2 nitrogen and oxygen atoms in total. The third-order valence-electron chi connectivity index (χ3n) is 2.16. The second kappa shape index (κ2) is 4.02. The van der Waals surface area contributed by atoms with Crippen LogP contribution in [0.1, 0.15) is 13.8 Å². The van der Waals surface area contributed by atoms with Crippen LogP contribution >= 0.6 is 43.6 Å². The van der Waals surface area contributed by atoms with Gasteiger partial charge in [-0.1, -0.05) is 43.6 Å². The van der Waals surface area contributed by atoms with Crippen LogP contribution in [0.4, 0.5) is 0 Å². The molecule has 5 heteroatoms. The van der Waals surface area contributed by atoms with Crippen molar-refractivity contribution >= 4 is 48.8 Å². The van der Waals surface area contributed by atoms with E-state index in [1.165, 1.54) is 10.2 Å². The second-order valence-electron chi connectivity index (χ2n) is 3.26. The zero-order valence-electron chi connectivity index (χ0n) is 7.92. The van der Waals surface area contributed by atoms with E-state index in [0.29, 0.717) is 4.83 Å². The summed E-state index contributed by atoms with van der Waals surface area (Å²) in [6.07, 6.45) is 0. The molecule has 0 saturated heterocycles. The summed E-state index contributed by atoms with van der Waals surface area (Å²) in [5.41, 5.74) is 2.37. The van der Waals surface area contributed by atoms with E-state index in [2.05, 4.69) is 61.0 Å². The van der Waals surface area contributed by atoms with Crippen LogP contribution in [0.5, 0.6) is 0 Å². The summed E-state index contributed by atoms with van der Waals surface area (Å²) in [6, 6.07) is 0. The number of fused-ring (bicyclic) bond motifs is 1. The Balaban J connectivity index is 2.31. The van der Waals surface area contributed by atoms with Gasteiger partial charge >= 0.3 is 0 Å². The highest BCUT2D eigenvalue weighted by Gasteiger charge is 2.27. The highest BCUT2D eigenvalue weighted by Crippen LogP contribution is 2.35. The van der Waals surface area contributed by atoms with Gasteiger partial charge in [0.05, 0.1) is 17.1 Å². The molecule has 0 fully saturated rings. The highest BCUT2D eigenvalue weighted by molar-refractivity contribution is 9.12. The largest absolute Gasteiger partial charge is 0.319 e. The number of nitrogens with zero attached hydrogens (tertiary/aromatic N) is 2. The minimum absolute atomic E-state index is 0.299. The Hall–Kier alpha value is 0.260. The van der Waals surface area contributed by atoms with Crippen molar-refractivity contribution in [2.45, 2.75) is 18.7 Å². The fourth-order valence-electron chi connectivity index (χ4n) is 1.38. The number of hydrogen-bond acceptors (Lipinski definition) is 3. The lowest BCUT2D eigenvalue weighted by Crippen LogP contribution is -2.29. The number of aliphatic imine (C=N–C) groups is 1. The normalized spacial score (nSPS) is 23.3. The number of allylic oxidation sites excluding steroid dienone is 2. The molecular weight excluding hydrogens is 328 g/mol. The van der Waals surface area contributed by atoms with E-state index in [1.54, 1.807) is 11.8 Å². The van der Waals surface area contributed by atoms with Crippen molar-refractivity contribution in [1.29, 1.82) is 0 Å². The molecule has 2 rings (SSSR count). The molecule has 0 bridgehead atoms. The molecule has 1 unspecified atom stereocenters. The fraction of sp³-hybridized carbons (Fsp3) is 0.444. The van der Waals surface area contributed by atoms with E-state index in [-0.39, 0.29) is 0 Å². The van der Waals surface area contributed by atoms with Gasteiger partial charge in [0, 0.05) is 10.2 Å². The molecule has 2 aliphatic heterocycles. The first kappa shape index (κ1) is 10.8. The molecule has 0 saturated carbocycles. The minimum atomic E-state index is 0.299. The Morgan fingerprint density at radius 2 is 2.36 bits per heavy atom. The average molecular weight is 338 g/mol. The van der Waals surface area contributed by atoms with Crippen molar-refractivity contribution in [3.05, 3.63) is 21.3 Å². The van der Waals surface area contributed by atoms with Crippen molar-refractivity contribution in [2.24, 2.45) is 4.99 Å². The number of halogens is 2. The summed E-state index contributed by atoms with van der Waals surface area (Å²) < 4.78 is 1.17. The maximum absolute atomic E-state index is 4.61. The van der Waals surface area contributed by atoms with E-state index in [0.717, 1.165) is 17.4 Å². The zero-order chi connectivity index (χ0) is 10.3. The second-order valence-corrected chi connectivity index (χ2v) is 6.43. The number of thioether (sulfide) groups is 1. The van der Waals surface area contributed by atoms with Crippen molar-refractivity contribution in [3.8, 4) is 0 Å². The van der Waals surface area contributed by atoms with E-state index in [4.69, 9.17) is 0 Å². The van der Waals surface area contributed by atoms with Crippen LogP contribution in [0.2, 0.25) is 0 Å². The zero-order valence-corrected chi connectivity index (χ0v) is 11.9. The van der Waals surface area contributed by atoms with Gasteiger partial charge < -0.3 is 4.90 Å². The van der Waals surface area contributed by atoms with Crippen molar-refractivity contribution in [2.75, 3.05) is 6.54 Å². The smallest absolute Gasteiger partial charge is 0.173 e. The number of alkyl halides is 1. The van der Waals surface area contributed by atoms with Crippen LogP contribution in [0.3, 0.4) is 0 Å². The third kappa shape index (κ3) is 1.82. The van der Waals surface area contributed by atoms with Gasteiger partial charge in [0.1, 0.15) is 0 Å². The molecule has 1 atom stereocenters. The molecule has 0 N–H and O–H groups in total. The molecule has 14 heavy (non-hydrogen) atoms. The van der Waals surface area contributed by atoms with Gasteiger partial charge in [-0.3, -0.25) is 0 Å². The number of rotatable bonds is 1. The van der Waals surface area contributed by atoms with Gasteiger partial charge in [0.2, 0.25) is 0 Å². The van der Waals surface area contributed by atoms with E-state index in [9.17, 15) is 0 Å². The van der Waals surface area contributed by atoms with E-state index in [1.807, 2.05) is 0 Å². The van der Waals surface area contributed by atoms with Crippen molar-refractivity contribution in [1.82, 2.24) is 4.90 Å².